The third-order valence-corrected chi connectivity index (χ3v) is 5.07. The summed E-state index contributed by atoms with van der Waals surface area (Å²) in [4.78, 5) is 0. The van der Waals surface area contributed by atoms with Gasteiger partial charge >= 0.3 is 0 Å². The van der Waals surface area contributed by atoms with Crippen molar-refractivity contribution in [2.75, 3.05) is 16.8 Å². The molecular weight excluding hydrogens is 238 g/mol. The van der Waals surface area contributed by atoms with Crippen LogP contribution in [0.2, 0.25) is 0 Å². The van der Waals surface area contributed by atoms with Crippen molar-refractivity contribution in [1.82, 2.24) is 0 Å². The van der Waals surface area contributed by atoms with Crippen LogP contribution in [0.15, 0.2) is 24.3 Å². The number of thioether (sulfide) groups is 1. The highest BCUT2D eigenvalue weighted by molar-refractivity contribution is 7.99. The SMILES string of the molecule is CC(C)c1cccc(NC2CSCCC2(C)C)c1. The molecule has 1 heterocycles. The normalized spacial score (nSPS) is 23.1. The third-order valence-electron chi connectivity index (χ3n) is 4.01. The molecular formula is C16H25NS. The number of anilines is 1. The second kappa shape index (κ2) is 5.56. The Hall–Kier alpha value is -0.630. The minimum atomic E-state index is 0.402. The zero-order valence-electron chi connectivity index (χ0n) is 12.0. The number of rotatable bonds is 3. The molecule has 0 saturated carbocycles. The monoisotopic (exact) mass is 263 g/mol. The van der Waals surface area contributed by atoms with Crippen LogP contribution in [0, 0.1) is 5.41 Å². The lowest BCUT2D eigenvalue weighted by molar-refractivity contribution is 0.305. The summed E-state index contributed by atoms with van der Waals surface area (Å²) in [6, 6.07) is 9.47. The first-order valence-electron chi connectivity index (χ1n) is 6.93. The van der Waals surface area contributed by atoms with Crippen LogP contribution in [0.25, 0.3) is 0 Å². The Bertz CT molecular complexity index is 398. The largest absolute Gasteiger partial charge is 0.381 e. The molecule has 1 aliphatic rings. The maximum atomic E-state index is 3.75. The van der Waals surface area contributed by atoms with Crippen molar-refractivity contribution in [3.63, 3.8) is 0 Å². The standard InChI is InChI=1S/C16H25NS/c1-12(2)13-6-5-7-14(10-13)17-15-11-18-9-8-16(15,3)4/h5-7,10,12,15,17H,8-9,11H2,1-4H3. The highest BCUT2D eigenvalue weighted by Crippen LogP contribution is 2.36. The molecule has 1 nitrogen and oxygen atoms in total. The van der Waals surface area contributed by atoms with Gasteiger partial charge in [-0.3, -0.25) is 0 Å². The highest BCUT2D eigenvalue weighted by atomic mass is 32.2. The molecule has 18 heavy (non-hydrogen) atoms. The van der Waals surface area contributed by atoms with Gasteiger partial charge in [0.05, 0.1) is 0 Å². The fraction of sp³-hybridized carbons (Fsp3) is 0.625. The van der Waals surface area contributed by atoms with E-state index in [9.17, 15) is 0 Å². The van der Waals surface area contributed by atoms with E-state index in [2.05, 4.69) is 69.0 Å². The van der Waals surface area contributed by atoms with Crippen LogP contribution >= 0.6 is 11.8 Å². The van der Waals surface area contributed by atoms with Crippen molar-refractivity contribution in [2.24, 2.45) is 5.41 Å². The fourth-order valence-corrected chi connectivity index (χ4v) is 3.97. The summed E-state index contributed by atoms with van der Waals surface area (Å²) in [6.07, 6.45) is 1.30. The van der Waals surface area contributed by atoms with Gasteiger partial charge in [-0.2, -0.15) is 11.8 Å². The molecule has 2 rings (SSSR count). The van der Waals surface area contributed by atoms with E-state index in [1.165, 1.54) is 29.2 Å². The summed E-state index contributed by atoms with van der Waals surface area (Å²) in [6.45, 7) is 9.27. The van der Waals surface area contributed by atoms with Crippen LogP contribution < -0.4 is 5.32 Å². The Balaban J connectivity index is 2.11. The molecule has 0 aromatic heterocycles. The van der Waals surface area contributed by atoms with Gasteiger partial charge < -0.3 is 5.32 Å². The summed E-state index contributed by atoms with van der Waals surface area (Å²) in [5.74, 6) is 3.12. The molecule has 0 aliphatic carbocycles. The smallest absolute Gasteiger partial charge is 0.0403 e. The predicted molar refractivity (Wildman–Crippen MR) is 83.7 cm³/mol. The van der Waals surface area contributed by atoms with E-state index >= 15 is 0 Å². The summed E-state index contributed by atoms with van der Waals surface area (Å²) < 4.78 is 0. The molecule has 2 heteroatoms. The predicted octanol–water partition coefficient (Wildman–Crippen LogP) is 4.75. The van der Waals surface area contributed by atoms with Crippen LogP contribution in [0.1, 0.15) is 45.6 Å². The van der Waals surface area contributed by atoms with Crippen LogP contribution in [0.4, 0.5) is 5.69 Å². The second-order valence-electron chi connectivity index (χ2n) is 6.29. The number of benzene rings is 1. The van der Waals surface area contributed by atoms with Gasteiger partial charge in [0.25, 0.3) is 0 Å². The van der Waals surface area contributed by atoms with Crippen molar-refractivity contribution in [3.05, 3.63) is 29.8 Å². The van der Waals surface area contributed by atoms with Crippen LogP contribution in [0.3, 0.4) is 0 Å². The molecule has 1 fully saturated rings. The van der Waals surface area contributed by atoms with Crippen molar-refractivity contribution >= 4 is 17.4 Å². The first-order chi connectivity index (χ1) is 8.49. The van der Waals surface area contributed by atoms with Gasteiger partial charge in [0.1, 0.15) is 0 Å². The van der Waals surface area contributed by atoms with Gasteiger partial charge in [0, 0.05) is 17.5 Å². The Morgan fingerprint density at radius 3 is 2.78 bits per heavy atom. The topological polar surface area (TPSA) is 12.0 Å². The molecule has 1 aliphatic heterocycles. The third kappa shape index (κ3) is 3.23. The lowest BCUT2D eigenvalue weighted by Crippen LogP contribution is -2.41. The van der Waals surface area contributed by atoms with Gasteiger partial charge in [0.2, 0.25) is 0 Å². The average molecular weight is 263 g/mol. The van der Waals surface area contributed by atoms with Gasteiger partial charge in [-0.05, 0) is 41.2 Å². The Kier molecular flexibility index (Phi) is 4.26. The van der Waals surface area contributed by atoms with E-state index < -0.39 is 0 Å². The zero-order valence-corrected chi connectivity index (χ0v) is 12.8. The summed E-state index contributed by atoms with van der Waals surface area (Å²) in [7, 11) is 0. The Morgan fingerprint density at radius 2 is 2.11 bits per heavy atom. The second-order valence-corrected chi connectivity index (χ2v) is 7.44. The van der Waals surface area contributed by atoms with E-state index in [4.69, 9.17) is 0 Å². The minimum Gasteiger partial charge on any atom is -0.381 e. The van der Waals surface area contributed by atoms with Crippen LogP contribution in [-0.4, -0.2) is 17.5 Å². The molecule has 1 unspecified atom stereocenters. The van der Waals surface area contributed by atoms with Crippen molar-refractivity contribution < 1.29 is 0 Å². The van der Waals surface area contributed by atoms with Gasteiger partial charge in [0.15, 0.2) is 0 Å². The van der Waals surface area contributed by atoms with Gasteiger partial charge in [-0.15, -0.1) is 0 Å². The fourth-order valence-electron chi connectivity index (χ4n) is 2.36. The molecule has 100 valence electrons. The van der Waals surface area contributed by atoms with Gasteiger partial charge in [-0.25, -0.2) is 0 Å². The van der Waals surface area contributed by atoms with E-state index in [1.807, 2.05) is 0 Å². The lowest BCUT2D eigenvalue weighted by atomic mass is 9.82. The molecule has 1 aromatic rings. The Labute approximate surface area is 116 Å². The molecule has 0 radical (unpaired) electrons. The maximum absolute atomic E-state index is 3.75. The summed E-state index contributed by atoms with van der Waals surface area (Å²) >= 11 is 2.07. The lowest BCUT2D eigenvalue weighted by Gasteiger charge is -2.39. The maximum Gasteiger partial charge on any atom is 0.0403 e. The van der Waals surface area contributed by atoms with E-state index in [0.29, 0.717) is 17.4 Å². The van der Waals surface area contributed by atoms with E-state index in [0.717, 1.165) is 0 Å². The quantitative estimate of drug-likeness (QED) is 0.844. The molecule has 1 atom stereocenters. The molecule has 1 N–H and O–H groups in total. The van der Waals surface area contributed by atoms with E-state index in [1.54, 1.807) is 0 Å². The highest BCUT2D eigenvalue weighted by Gasteiger charge is 2.32. The summed E-state index contributed by atoms with van der Waals surface area (Å²) in [5, 5.41) is 3.75. The molecule has 0 bridgehead atoms. The average Bonchev–Trinajstić information content (AvgIpc) is 2.32. The van der Waals surface area contributed by atoms with Crippen molar-refractivity contribution in [1.29, 1.82) is 0 Å². The first kappa shape index (κ1) is 13.8. The van der Waals surface area contributed by atoms with Crippen molar-refractivity contribution in [3.8, 4) is 0 Å². The molecule has 0 amide bonds. The Morgan fingerprint density at radius 1 is 1.33 bits per heavy atom. The zero-order chi connectivity index (χ0) is 13.2. The van der Waals surface area contributed by atoms with Gasteiger partial charge in [-0.1, -0.05) is 39.8 Å². The molecule has 1 saturated heterocycles. The minimum absolute atomic E-state index is 0.402. The first-order valence-corrected chi connectivity index (χ1v) is 8.09. The van der Waals surface area contributed by atoms with E-state index in [-0.39, 0.29) is 0 Å². The number of nitrogens with one attached hydrogen (secondary N) is 1. The molecule has 1 aromatic carbocycles. The summed E-state index contributed by atoms with van der Waals surface area (Å²) in [5.41, 5.74) is 3.10. The molecule has 0 spiro atoms. The van der Waals surface area contributed by atoms with Crippen LogP contribution in [-0.2, 0) is 0 Å². The van der Waals surface area contributed by atoms with Crippen molar-refractivity contribution in [2.45, 2.75) is 46.1 Å². The number of hydrogen-bond acceptors (Lipinski definition) is 2. The number of hydrogen-bond donors (Lipinski definition) is 1. The van der Waals surface area contributed by atoms with Crippen LogP contribution in [0.5, 0.6) is 0 Å².